The van der Waals surface area contributed by atoms with Crippen LogP contribution in [0.4, 0.5) is 10.9 Å². The molecular weight excluding hydrogens is 410 g/mol. The molecule has 8 nitrogen and oxygen atoms in total. The Balaban J connectivity index is 1.35. The van der Waals surface area contributed by atoms with Gasteiger partial charge in [0.15, 0.2) is 22.1 Å². The van der Waals surface area contributed by atoms with Gasteiger partial charge in [-0.3, -0.25) is 0 Å². The van der Waals surface area contributed by atoms with Crippen LogP contribution in [-0.2, 0) is 11.3 Å². The SMILES string of the molecule is COCCn1cnc2c(N3CCN(c4nc5c(Cl)cccc5s4)CC3)ncnc21. The average Bonchev–Trinajstić information content (AvgIpc) is 3.37. The predicted molar refractivity (Wildman–Crippen MR) is 116 cm³/mol. The summed E-state index contributed by atoms with van der Waals surface area (Å²) >= 11 is 7.98. The molecule has 0 radical (unpaired) electrons. The summed E-state index contributed by atoms with van der Waals surface area (Å²) in [6, 6.07) is 5.92. The average molecular weight is 430 g/mol. The number of nitrogens with zero attached hydrogens (tertiary/aromatic N) is 7. The van der Waals surface area contributed by atoms with Crippen molar-refractivity contribution >= 4 is 55.3 Å². The molecule has 1 fully saturated rings. The summed E-state index contributed by atoms with van der Waals surface area (Å²) in [5.41, 5.74) is 2.56. The zero-order chi connectivity index (χ0) is 19.8. The van der Waals surface area contributed by atoms with Gasteiger partial charge in [0.05, 0.1) is 22.7 Å². The van der Waals surface area contributed by atoms with Gasteiger partial charge in [0.2, 0.25) is 0 Å². The van der Waals surface area contributed by atoms with Crippen LogP contribution in [0.2, 0.25) is 5.02 Å². The Morgan fingerprint density at radius 1 is 1.07 bits per heavy atom. The molecule has 0 spiro atoms. The second kappa shape index (κ2) is 7.74. The Labute approximate surface area is 176 Å². The van der Waals surface area contributed by atoms with Crippen LogP contribution in [0.3, 0.4) is 0 Å². The first-order valence-corrected chi connectivity index (χ1v) is 10.6. The van der Waals surface area contributed by atoms with Gasteiger partial charge in [0, 0.05) is 39.8 Å². The van der Waals surface area contributed by atoms with E-state index in [1.165, 1.54) is 0 Å². The Bertz CT molecular complexity index is 1150. The van der Waals surface area contributed by atoms with E-state index in [1.807, 2.05) is 23.0 Å². The number of halogens is 1. The van der Waals surface area contributed by atoms with E-state index in [0.29, 0.717) is 11.6 Å². The van der Waals surface area contributed by atoms with Crippen LogP contribution in [0.1, 0.15) is 0 Å². The number of benzene rings is 1. The van der Waals surface area contributed by atoms with Gasteiger partial charge >= 0.3 is 0 Å². The van der Waals surface area contributed by atoms with Gasteiger partial charge in [-0.1, -0.05) is 29.0 Å². The number of thiazole rings is 1. The molecular formula is C19H20ClN7OS. The monoisotopic (exact) mass is 429 g/mol. The van der Waals surface area contributed by atoms with Crippen molar-refractivity contribution in [2.75, 3.05) is 49.7 Å². The maximum Gasteiger partial charge on any atom is 0.186 e. The van der Waals surface area contributed by atoms with Crippen LogP contribution < -0.4 is 9.80 Å². The van der Waals surface area contributed by atoms with E-state index in [1.54, 1.807) is 24.8 Å². The first-order chi connectivity index (χ1) is 14.2. The van der Waals surface area contributed by atoms with Crippen molar-refractivity contribution in [2.45, 2.75) is 6.54 Å². The lowest BCUT2D eigenvalue weighted by atomic mass is 10.3. The van der Waals surface area contributed by atoms with Gasteiger partial charge in [-0.05, 0) is 12.1 Å². The number of fused-ring (bicyclic) bond motifs is 2. The maximum absolute atomic E-state index is 6.29. The van der Waals surface area contributed by atoms with Crippen molar-refractivity contribution in [3.63, 3.8) is 0 Å². The molecule has 0 N–H and O–H groups in total. The highest BCUT2D eigenvalue weighted by atomic mass is 35.5. The summed E-state index contributed by atoms with van der Waals surface area (Å²) < 4.78 is 8.30. The quantitative estimate of drug-likeness (QED) is 0.482. The molecule has 29 heavy (non-hydrogen) atoms. The molecule has 4 aromatic rings. The van der Waals surface area contributed by atoms with Gasteiger partial charge < -0.3 is 19.1 Å². The van der Waals surface area contributed by atoms with E-state index >= 15 is 0 Å². The summed E-state index contributed by atoms with van der Waals surface area (Å²) in [4.78, 5) is 22.9. The molecule has 1 aromatic carbocycles. The van der Waals surface area contributed by atoms with Gasteiger partial charge in [0.1, 0.15) is 11.8 Å². The third-order valence-electron chi connectivity index (χ3n) is 5.13. The molecule has 4 heterocycles. The number of rotatable bonds is 5. The molecule has 0 aliphatic carbocycles. The molecule has 0 bridgehead atoms. The normalized spacial score (nSPS) is 15.0. The molecule has 1 aliphatic rings. The van der Waals surface area contributed by atoms with E-state index in [9.17, 15) is 0 Å². The van der Waals surface area contributed by atoms with Crippen LogP contribution in [0.5, 0.6) is 0 Å². The third kappa shape index (κ3) is 3.39. The summed E-state index contributed by atoms with van der Waals surface area (Å²) in [5, 5.41) is 1.72. The van der Waals surface area contributed by atoms with Crippen LogP contribution in [0.25, 0.3) is 21.4 Å². The summed E-state index contributed by atoms with van der Waals surface area (Å²) in [6.45, 7) is 4.77. The largest absolute Gasteiger partial charge is 0.383 e. The first kappa shape index (κ1) is 18.5. The molecule has 150 valence electrons. The van der Waals surface area contributed by atoms with Crippen molar-refractivity contribution in [3.8, 4) is 0 Å². The zero-order valence-electron chi connectivity index (χ0n) is 16.0. The number of hydrogen-bond acceptors (Lipinski definition) is 8. The number of hydrogen-bond donors (Lipinski definition) is 0. The number of para-hydroxylation sites is 1. The van der Waals surface area contributed by atoms with E-state index in [4.69, 9.17) is 21.3 Å². The van der Waals surface area contributed by atoms with Crippen molar-refractivity contribution in [2.24, 2.45) is 0 Å². The van der Waals surface area contributed by atoms with Gasteiger partial charge in [-0.15, -0.1) is 0 Å². The molecule has 0 saturated carbocycles. The fourth-order valence-electron chi connectivity index (χ4n) is 3.60. The highest BCUT2D eigenvalue weighted by molar-refractivity contribution is 7.22. The van der Waals surface area contributed by atoms with Crippen molar-refractivity contribution < 1.29 is 4.74 Å². The van der Waals surface area contributed by atoms with E-state index in [0.717, 1.165) is 65.1 Å². The Hall–Kier alpha value is -2.49. The van der Waals surface area contributed by atoms with Crippen molar-refractivity contribution in [1.29, 1.82) is 0 Å². The molecule has 0 unspecified atom stereocenters. The second-order valence-electron chi connectivity index (χ2n) is 6.86. The number of piperazine rings is 1. The van der Waals surface area contributed by atoms with Gasteiger partial charge in [-0.2, -0.15) is 0 Å². The molecule has 5 rings (SSSR count). The fraction of sp³-hybridized carbons (Fsp3) is 0.368. The van der Waals surface area contributed by atoms with E-state index < -0.39 is 0 Å². The molecule has 10 heteroatoms. The van der Waals surface area contributed by atoms with E-state index in [2.05, 4.69) is 30.8 Å². The molecule has 0 amide bonds. The minimum absolute atomic E-state index is 0.621. The van der Waals surface area contributed by atoms with Gasteiger partial charge in [-0.25, -0.2) is 19.9 Å². The third-order valence-corrected chi connectivity index (χ3v) is 6.51. The number of imidazole rings is 1. The van der Waals surface area contributed by atoms with Crippen LogP contribution in [0, 0.1) is 0 Å². The number of anilines is 2. The Morgan fingerprint density at radius 2 is 1.90 bits per heavy atom. The lowest BCUT2D eigenvalue weighted by molar-refractivity contribution is 0.188. The fourth-order valence-corrected chi connectivity index (χ4v) is 4.92. The maximum atomic E-state index is 6.29. The zero-order valence-corrected chi connectivity index (χ0v) is 17.5. The summed E-state index contributed by atoms with van der Waals surface area (Å²) in [7, 11) is 1.69. The smallest absolute Gasteiger partial charge is 0.186 e. The molecule has 1 aliphatic heterocycles. The predicted octanol–water partition coefficient (Wildman–Crippen LogP) is 3.06. The van der Waals surface area contributed by atoms with E-state index in [-0.39, 0.29) is 0 Å². The Morgan fingerprint density at radius 3 is 2.69 bits per heavy atom. The van der Waals surface area contributed by atoms with Crippen LogP contribution >= 0.6 is 22.9 Å². The molecule has 1 saturated heterocycles. The van der Waals surface area contributed by atoms with Crippen molar-refractivity contribution in [1.82, 2.24) is 24.5 Å². The van der Waals surface area contributed by atoms with Crippen LogP contribution in [0.15, 0.2) is 30.9 Å². The first-order valence-electron chi connectivity index (χ1n) is 9.44. The number of aromatic nitrogens is 5. The van der Waals surface area contributed by atoms with Gasteiger partial charge in [0.25, 0.3) is 0 Å². The minimum Gasteiger partial charge on any atom is -0.383 e. The van der Waals surface area contributed by atoms with Crippen LogP contribution in [-0.4, -0.2) is 64.4 Å². The van der Waals surface area contributed by atoms with Crippen molar-refractivity contribution in [3.05, 3.63) is 35.9 Å². The number of ether oxygens (including phenoxy) is 1. The summed E-state index contributed by atoms with van der Waals surface area (Å²) in [6.07, 6.45) is 3.42. The standard InChI is InChI=1S/C19H20ClN7OS/c1-28-10-9-27-12-23-16-17(21-11-22-18(16)27)25-5-7-26(8-6-25)19-24-15-13(20)3-2-4-14(15)29-19/h2-4,11-12H,5-10H2,1H3. The second-order valence-corrected chi connectivity index (χ2v) is 8.27. The topological polar surface area (TPSA) is 72.2 Å². The lowest BCUT2D eigenvalue weighted by Gasteiger charge is -2.35. The molecule has 3 aromatic heterocycles. The summed E-state index contributed by atoms with van der Waals surface area (Å²) in [5.74, 6) is 0.887. The lowest BCUT2D eigenvalue weighted by Crippen LogP contribution is -2.46. The molecule has 0 atom stereocenters. The highest BCUT2D eigenvalue weighted by Crippen LogP contribution is 2.33. The Kier molecular flexibility index (Phi) is 4.94. The highest BCUT2D eigenvalue weighted by Gasteiger charge is 2.23. The number of methoxy groups -OCH3 is 1. The minimum atomic E-state index is 0.621.